The molecule has 2 aromatic heterocycles. The number of thiophene rings is 1. The van der Waals surface area contributed by atoms with Crippen LogP contribution in [0.4, 0.5) is 5.69 Å². The van der Waals surface area contributed by atoms with E-state index in [-0.39, 0.29) is 27.5 Å². The molecule has 7 nitrogen and oxygen atoms in total. The van der Waals surface area contributed by atoms with Gasteiger partial charge in [-0.15, -0.1) is 10.2 Å². The largest absolute Gasteiger partial charge is 0.325 e. The van der Waals surface area contributed by atoms with Crippen molar-refractivity contribution in [1.82, 2.24) is 14.2 Å². The number of amides is 1. The molecule has 152 valence electrons. The van der Waals surface area contributed by atoms with Crippen LogP contribution in [-0.2, 0) is 14.8 Å². The molecule has 0 spiro atoms. The molecule has 0 atom stereocenters. The van der Waals surface area contributed by atoms with E-state index in [1.54, 1.807) is 41.8 Å². The molecule has 0 saturated heterocycles. The van der Waals surface area contributed by atoms with Crippen LogP contribution in [0.2, 0.25) is 0 Å². The van der Waals surface area contributed by atoms with Crippen LogP contribution in [-0.4, -0.2) is 34.2 Å². The van der Waals surface area contributed by atoms with Crippen LogP contribution in [0, 0.1) is 0 Å². The molecular formula is C20H16N4O3S3. The molecule has 1 amide bonds. The predicted octanol–water partition coefficient (Wildman–Crippen LogP) is 3.97. The number of anilines is 1. The zero-order valence-electron chi connectivity index (χ0n) is 15.5. The summed E-state index contributed by atoms with van der Waals surface area (Å²) < 4.78 is 27.8. The Morgan fingerprint density at radius 3 is 2.37 bits per heavy atom. The summed E-state index contributed by atoms with van der Waals surface area (Å²) in [5.41, 5.74) is 1.31. The van der Waals surface area contributed by atoms with Crippen LogP contribution in [0.1, 0.15) is 0 Å². The number of hydrogen-bond donors (Lipinski definition) is 1. The van der Waals surface area contributed by atoms with E-state index in [2.05, 4.69) is 15.5 Å². The van der Waals surface area contributed by atoms with Gasteiger partial charge in [0.15, 0.2) is 5.82 Å². The van der Waals surface area contributed by atoms with Crippen molar-refractivity contribution < 1.29 is 13.2 Å². The van der Waals surface area contributed by atoms with E-state index in [1.807, 2.05) is 23.6 Å². The lowest BCUT2D eigenvalue weighted by atomic mass is 10.3. The van der Waals surface area contributed by atoms with Gasteiger partial charge in [0.05, 0.1) is 10.6 Å². The summed E-state index contributed by atoms with van der Waals surface area (Å²) in [6, 6.07) is 18.9. The maximum atomic E-state index is 13.3. The third-order valence-electron chi connectivity index (χ3n) is 4.05. The summed E-state index contributed by atoms with van der Waals surface area (Å²) in [6.07, 6.45) is 0. The minimum atomic E-state index is -3.95. The van der Waals surface area contributed by atoms with Crippen molar-refractivity contribution in [2.24, 2.45) is 0 Å². The Balaban J connectivity index is 1.65. The summed E-state index contributed by atoms with van der Waals surface area (Å²) in [5, 5.41) is 14.7. The first kappa shape index (κ1) is 20.3. The van der Waals surface area contributed by atoms with E-state index in [1.165, 1.54) is 23.5 Å². The summed E-state index contributed by atoms with van der Waals surface area (Å²) >= 11 is 2.45. The van der Waals surface area contributed by atoms with Crippen molar-refractivity contribution in [1.29, 1.82) is 0 Å². The first-order chi connectivity index (χ1) is 14.6. The molecule has 0 unspecified atom stereocenters. The number of rotatable bonds is 7. The van der Waals surface area contributed by atoms with Gasteiger partial charge in [-0.05, 0) is 35.7 Å². The maximum Gasteiger partial charge on any atom is 0.271 e. The average Bonchev–Trinajstić information content (AvgIpc) is 3.43. The van der Waals surface area contributed by atoms with Gasteiger partial charge in [-0.2, -0.15) is 15.3 Å². The van der Waals surface area contributed by atoms with Crippen molar-refractivity contribution in [2.45, 2.75) is 10.1 Å². The fourth-order valence-corrected chi connectivity index (χ4v) is 5.72. The highest BCUT2D eigenvalue weighted by molar-refractivity contribution is 8.00. The Kier molecular flexibility index (Phi) is 5.98. The molecule has 0 radical (unpaired) electrons. The number of nitrogens with one attached hydrogen (secondary N) is 1. The molecule has 4 aromatic rings. The van der Waals surface area contributed by atoms with Crippen molar-refractivity contribution >= 4 is 44.7 Å². The van der Waals surface area contributed by atoms with Crippen LogP contribution in [0.15, 0.2) is 87.5 Å². The fraction of sp³-hybridized carbons (Fsp3) is 0.0500. The number of benzene rings is 2. The molecule has 1 N–H and O–H groups in total. The van der Waals surface area contributed by atoms with Crippen LogP contribution in [0.5, 0.6) is 0 Å². The minimum Gasteiger partial charge on any atom is -0.325 e. The van der Waals surface area contributed by atoms with Gasteiger partial charge in [-0.3, -0.25) is 4.79 Å². The number of para-hydroxylation sites is 1. The molecular weight excluding hydrogens is 440 g/mol. The molecule has 0 aliphatic rings. The number of aromatic nitrogens is 3. The smallest absolute Gasteiger partial charge is 0.271 e. The van der Waals surface area contributed by atoms with Gasteiger partial charge in [0.2, 0.25) is 11.1 Å². The zero-order chi connectivity index (χ0) is 21.0. The van der Waals surface area contributed by atoms with Crippen molar-refractivity contribution in [3.8, 4) is 11.4 Å². The molecule has 0 saturated carbocycles. The molecule has 0 bridgehead atoms. The number of thioether (sulfide) groups is 1. The number of nitrogens with zero attached hydrogens (tertiary/aromatic N) is 3. The Bertz CT molecular complexity index is 1240. The second-order valence-corrected chi connectivity index (χ2v) is 9.61. The van der Waals surface area contributed by atoms with Gasteiger partial charge in [0.1, 0.15) is 0 Å². The van der Waals surface area contributed by atoms with Gasteiger partial charge >= 0.3 is 0 Å². The van der Waals surface area contributed by atoms with E-state index >= 15 is 0 Å². The topological polar surface area (TPSA) is 93.9 Å². The van der Waals surface area contributed by atoms with E-state index < -0.39 is 10.0 Å². The van der Waals surface area contributed by atoms with Crippen LogP contribution >= 0.6 is 23.1 Å². The normalized spacial score (nSPS) is 11.3. The highest BCUT2D eigenvalue weighted by atomic mass is 32.2. The van der Waals surface area contributed by atoms with Crippen molar-refractivity contribution in [2.75, 3.05) is 11.1 Å². The van der Waals surface area contributed by atoms with Gasteiger partial charge < -0.3 is 5.32 Å². The van der Waals surface area contributed by atoms with E-state index in [9.17, 15) is 13.2 Å². The summed E-state index contributed by atoms with van der Waals surface area (Å²) in [4.78, 5) is 12.4. The van der Waals surface area contributed by atoms with E-state index in [4.69, 9.17) is 0 Å². The average molecular weight is 457 g/mol. The van der Waals surface area contributed by atoms with E-state index in [0.717, 1.165) is 15.7 Å². The molecule has 2 aromatic carbocycles. The number of hydrogen-bond acceptors (Lipinski definition) is 7. The monoisotopic (exact) mass is 456 g/mol. The zero-order valence-corrected chi connectivity index (χ0v) is 18.0. The number of carbonyl (C=O) groups excluding carboxylic acids is 1. The summed E-state index contributed by atoms with van der Waals surface area (Å²) in [6.45, 7) is 0. The van der Waals surface area contributed by atoms with Gasteiger partial charge in [0.25, 0.3) is 10.0 Å². The summed E-state index contributed by atoms with van der Waals surface area (Å²) in [5.74, 6) is -0.0675. The fourth-order valence-electron chi connectivity index (χ4n) is 2.68. The SMILES string of the molecule is O=C(CSc1nnc(-c2ccsc2)n1S(=O)(=O)c1ccccc1)Nc1ccccc1. The van der Waals surface area contributed by atoms with Crippen LogP contribution in [0.3, 0.4) is 0 Å². The predicted molar refractivity (Wildman–Crippen MR) is 118 cm³/mol. The first-order valence-corrected chi connectivity index (χ1v) is 12.2. The molecule has 4 rings (SSSR count). The van der Waals surface area contributed by atoms with Gasteiger partial charge in [0, 0.05) is 16.6 Å². The molecule has 0 fully saturated rings. The Hall–Kier alpha value is -2.95. The lowest BCUT2D eigenvalue weighted by Crippen LogP contribution is -2.17. The summed E-state index contributed by atoms with van der Waals surface area (Å²) in [7, 11) is -3.95. The molecule has 2 heterocycles. The first-order valence-electron chi connectivity index (χ1n) is 8.82. The Morgan fingerprint density at radius 1 is 1.00 bits per heavy atom. The van der Waals surface area contributed by atoms with Crippen LogP contribution in [0.25, 0.3) is 11.4 Å². The second-order valence-electron chi connectivity index (χ2n) is 6.10. The lowest BCUT2D eigenvalue weighted by Gasteiger charge is -2.11. The van der Waals surface area contributed by atoms with Gasteiger partial charge in [-0.25, -0.2) is 8.42 Å². The lowest BCUT2D eigenvalue weighted by molar-refractivity contribution is -0.113. The molecule has 0 aliphatic carbocycles. The minimum absolute atomic E-state index is 0.0129. The van der Waals surface area contributed by atoms with Crippen LogP contribution < -0.4 is 5.32 Å². The Labute approximate surface area is 181 Å². The van der Waals surface area contributed by atoms with Gasteiger partial charge in [-0.1, -0.05) is 48.2 Å². The standard InChI is InChI=1S/C20H16N4O3S3/c25-18(21-16-7-3-1-4-8-16)14-29-20-23-22-19(15-11-12-28-13-15)24(20)30(26,27)17-9-5-2-6-10-17/h1-13H,14H2,(H,21,25). The molecule has 0 aliphatic heterocycles. The van der Waals surface area contributed by atoms with E-state index in [0.29, 0.717) is 11.3 Å². The third-order valence-corrected chi connectivity index (χ3v) is 7.47. The quantitative estimate of drug-likeness (QED) is 0.423. The highest BCUT2D eigenvalue weighted by Gasteiger charge is 2.27. The third kappa shape index (κ3) is 4.30. The Morgan fingerprint density at radius 2 is 1.70 bits per heavy atom. The van der Waals surface area contributed by atoms with Crippen molar-refractivity contribution in [3.63, 3.8) is 0 Å². The highest BCUT2D eigenvalue weighted by Crippen LogP contribution is 2.30. The molecule has 30 heavy (non-hydrogen) atoms. The molecule has 10 heteroatoms. The maximum absolute atomic E-state index is 13.3. The van der Waals surface area contributed by atoms with Crippen molar-refractivity contribution in [3.05, 3.63) is 77.5 Å². The second kappa shape index (κ2) is 8.82. The number of carbonyl (C=O) groups is 1.